The first-order chi connectivity index (χ1) is 5.77. The summed E-state index contributed by atoms with van der Waals surface area (Å²) >= 11 is -2.17. The molecule has 0 saturated heterocycles. The van der Waals surface area contributed by atoms with E-state index in [2.05, 4.69) is 10.2 Å². The normalized spacial score (nSPS) is 12.4. The number of nitrogens with one attached hydrogen (secondary N) is 1. The molecule has 0 aliphatic rings. The fourth-order valence-electron chi connectivity index (χ4n) is 1.02. The molecule has 0 aliphatic heterocycles. The summed E-state index contributed by atoms with van der Waals surface area (Å²) in [5.41, 5.74) is 0.733. The van der Waals surface area contributed by atoms with Gasteiger partial charge in [0.05, 0.1) is 11.7 Å². The van der Waals surface area contributed by atoms with Gasteiger partial charge in [0.1, 0.15) is 0 Å². The van der Waals surface area contributed by atoms with E-state index in [9.17, 15) is 8.76 Å². The van der Waals surface area contributed by atoms with Gasteiger partial charge < -0.3 is 4.55 Å². The zero-order valence-electron chi connectivity index (χ0n) is 6.98. The molecule has 1 aromatic heterocycles. The summed E-state index contributed by atoms with van der Waals surface area (Å²) in [7, 11) is 0. The second-order valence-corrected chi connectivity index (χ2v) is 3.29. The van der Waals surface area contributed by atoms with Crippen molar-refractivity contribution in [1.82, 2.24) is 10.2 Å². The van der Waals surface area contributed by atoms with Crippen molar-refractivity contribution in [2.45, 2.75) is 4.90 Å². The van der Waals surface area contributed by atoms with Gasteiger partial charge in [-0.1, -0.05) is 6.07 Å². The molecule has 2 rings (SSSR count). The summed E-state index contributed by atoms with van der Waals surface area (Å²) in [6.07, 6.45) is 1.65. The largest absolute Gasteiger partial charge is 1.00 e. The van der Waals surface area contributed by atoms with Crippen molar-refractivity contribution in [3.8, 4) is 0 Å². The first-order valence-corrected chi connectivity index (χ1v) is 4.37. The van der Waals surface area contributed by atoms with Gasteiger partial charge in [-0.25, -0.2) is 0 Å². The molecule has 1 heterocycles. The van der Waals surface area contributed by atoms with Crippen LogP contribution in [0.25, 0.3) is 10.9 Å². The number of benzene rings is 1. The minimum Gasteiger partial charge on any atom is -0.768 e. The van der Waals surface area contributed by atoms with Crippen molar-refractivity contribution in [2.75, 3.05) is 0 Å². The fourth-order valence-corrected chi connectivity index (χ4v) is 1.41. The summed E-state index contributed by atoms with van der Waals surface area (Å²) in [4.78, 5) is 0.270. The Labute approximate surface area is 99.3 Å². The summed E-state index contributed by atoms with van der Waals surface area (Å²) in [5.74, 6) is 0. The second-order valence-electron chi connectivity index (χ2n) is 2.35. The van der Waals surface area contributed by atoms with Crippen LogP contribution in [0.5, 0.6) is 0 Å². The Morgan fingerprint density at radius 1 is 1.46 bits per heavy atom. The van der Waals surface area contributed by atoms with Crippen LogP contribution in [0.3, 0.4) is 0 Å². The number of hydrogen-bond acceptors (Lipinski definition) is 3. The van der Waals surface area contributed by atoms with Gasteiger partial charge >= 0.3 is 29.6 Å². The van der Waals surface area contributed by atoms with Gasteiger partial charge in [-0.3, -0.25) is 9.31 Å². The van der Waals surface area contributed by atoms with Crippen molar-refractivity contribution < 1.29 is 38.3 Å². The smallest absolute Gasteiger partial charge is 0.768 e. The summed E-state index contributed by atoms with van der Waals surface area (Å²) in [6.45, 7) is 0. The van der Waals surface area contributed by atoms with E-state index in [0.717, 1.165) is 10.9 Å². The first-order valence-electron chi connectivity index (χ1n) is 3.30. The van der Waals surface area contributed by atoms with Crippen LogP contribution in [0.2, 0.25) is 0 Å². The molecule has 0 radical (unpaired) electrons. The third-order valence-electron chi connectivity index (χ3n) is 1.61. The standard InChI is InChI=1S/C7H6N2O2S.Na/c10-12(11)6-2-1-5-4-8-9-7(5)3-6;/h1-4H,(H,8,9)(H,10,11);/q;+1/p-1. The molecule has 0 fully saturated rings. The van der Waals surface area contributed by atoms with Gasteiger partial charge in [-0.05, 0) is 23.2 Å². The number of aromatic amines is 1. The zero-order chi connectivity index (χ0) is 8.55. The molecule has 1 unspecified atom stereocenters. The van der Waals surface area contributed by atoms with Crippen molar-refractivity contribution in [1.29, 1.82) is 0 Å². The molecule has 4 nitrogen and oxygen atoms in total. The molecule has 0 bridgehead atoms. The topological polar surface area (TPSA) is 68.8 Å². The first kappa shape index (κ1) is 10.9. The maximum absolute atomic E-state index is 10.5. The van der Waals surface area contributed by atoms with Crippen molar-refractivity contribution in [3.63, 3.8) is 0 Å². The average molecular weight is 204 g/mol. The second kappa shape index (κ2) is 4.34. The number of hydrogen-bond donors (Lipinski definition) is 1. The van der Waals surface area contributed by atoms with Crippen molar-refractivity contribution in [2.24, 2.45) is 0 Å². The molecule has 0 aliphatic carbocycles. The summed E-state index contributed by atoms with van der Waals surface area (Å²) < 4.78 is 21.1. The van der Waals surface area contributed by atoms with Crippen molar-refractivity contribution >= 4 is 22.0 Å². The molecule has 0 spiro atoms. The number of nitrogens with zero attached hydrogens (tertiary/aromatic N) is 1. The van der Waals surface area contributed by atoms with E-state index in [1.165, 1.54) is 0 Å². The van der Waals surface area contributed by atoms with Gasteiger partial charge in [0, 0.05) is 10.3 Å². The number of rotatable bonds is 1. The Hall–Kier alpha value is -0.200. The zero-order valence-corrected chi connectivity index (χ0v) is 9.80. The van der Waals surface area contributed by atoms with Crippen LogP contribution in [-0.4, -0.2) is 19.0 Å². The third-order valence-corrected chi connectivity index (χ3v) is 2.24. The Balaban J connectivity index is 0.000000845. The minimum atomic E-state index is -2.17. The van der Waals surface area contributed by atoms with Crippen molar-refractivity contribution in [3.05, 3.63) is 24.4 Å². The molecule has 13 heavy (non-hydrogen) atoms. The number of fused-ring (bicyclic) bond motifs is 1. The molecule has 1 aromatic carbocycles. The van der Waals surface area contributed by atoms with Gasteiger partial charge in [0.15, 0.2) is 0 Å². The van der Waals surface area contributed by atoms with E-state index in [1.807, 2.05) is 0 Å². The Morgan fingerprint density at radius 2 is 2.23 bits per heavy atom. The van der Waals surface area contributed by atoms with Gasteiger partial charge in [0.2, 0.25) is 0 Å². The van der Waals surface area contributed by atoms with E-state index < -0.39 is 11.1 Å². The summed E-state index contributed by atoms with van der Waals surface area (Å²) in [5, 5.41) is 7.37. The van der Waals surface area contributed by atoms with Crippen LogP contribution >= 0.6 is 0 Å². The average Bonchev–Trinajstić information content (AvgIpc) is 2.49. The van der Waals surface area contributed by atoms with Crippen LogP contribution in [-0.2, 0) is 11.1 Å². The van der Waals surface area contributed by atoms with Crippen LogP contribution in [0.15, 0.2) is 29.3 Å². The Bertz CT molecular complexity index is 443. The Kier molecular flexibility index (Phi) is 3.63. The minimum absolute atomic E-state index is 0. The number of aromatic nitrogens is 2. The predicted octanol–water partition coefficient (Wildman–Crippen LogP) is -2.20. The molecule has 6 heteroatoms. The monoisotopic (exact) mass is 204 g/mol. The maximum Gasteiger partial charge on any atom is 1.00 e. The molecular formula is C7H5N2NaO2S. The van der Waals surface area contributed by atoms with Crippen LogP contribution in [0, 0.1) is 0 Å². The fraction of sp³-hybridized carbons (Fsp3) is 0. The van der Waals surface area contributed by atoms with E-state index in [0.29, 0.717) is 0 Å². The van der Waals surface area contributed by atoms with E-state index >= 15 is 0 Å². The van der Waals surface area contributed by atoms with E-state index in [4.69, 9.17) is 0 Å². The van der Waals surface area contributed by atoms with E-state index in [-0.39, 0.29) is 34.5 Å². The molecule has 0 saturated carbocycles. The summed E-state index contributed by atoms with van der Waals surface area (Å²) in [6, 6.07) is 4.80. The van der Waals surface area contributed by atoms with Gasteiger partial charge in [0.25, 0.3) is 0 Å². The molecule has 1 N–H and O–H groups in total. The molecule has 62 valence electrons. The number of H-pyrrole nitrogens is 1. The van der Waals surface area contributed by atoms with Gasteiger partial charge in [-0.2, -0.15) is 5.10 Å². The third kappa shape index (κ3) is 2.18. The quantitative estimate of drug-likeness (QED) is 0.423. The van der Waals surface area contributed by atoms with Gasteiger partial charge in [-0.15, -0.1) is 0 Å². The predicted molar refractivity (Wildman–Crippen MR) is 43.3 cm³/mol. The maximum atomic E-state index is 10.5. The van der Waals surface area contributed by atoms with E-state index in [1.54, 1.807) is 24.4 Å². The molecule has 1 atom stereocenters. The van der Waals surface area contributed by atoms with Crippen LogP contribution < -0.4 is 29.6 Å². The van der Waals surface area contributed by atoms with Crippen LogP contribution in [0.1, 0.15) is 0 Å². The Morgan fingerprint density at radius 3 is 2.92 bits per heavy atom. The molecule has 2 aromatic rings. The SMILES string of the molecule is O=S([O-])c1ccc2cn[nH]c2c1.[Na+]. The molecular weight excluding hydrogens is 199 g/mol. The molecule has 0 amide bonds. The van der Waals surface area contributed by atoms with Crippen LogP contribution in [0.4, 0.5) is 0 Å².